The van der Waals surface area contributed by atoms with Crippen molar-refractivity contribution in [1.82, 2.24) is 29.3 Å². The number of aromatic nitrogens is 4. The first-order valence-electron chi connectivity index (χ1n) is 12.9. The Morgan fingerprint density at radius 1 is 1.08 bits per heavy atom. The first kappa shape index (κ1) is 25.7. The van der Waals surface area contributed by atoms with Crippen molar-refractivity contribution in [2.24, 2.45) is 7.05 Å². The van der Waals surface area contributed by atoms with Gasteiger partial charge >= 0.3 is 0 Å². The molecule has 38 heavy (non-hydrogen) atoms. The molecule has 0 unspecified atom stereocenters. The van der Waals surface area contributed by atoms with Gasteiger partial charge in [0.15, 0.2) is 0 Å². The van der Waals surface area contributed by atoms with Crippen LogP contribution in [-0.4, -0.2) is 80.6 Å². The highest BCUT2D eigenvalue weighted by Gasteiger charge is 2.28. The summed E-state index contributed by atoms with van der Waals surface area (Å²) in [7, 11) is 7.98. The van der Waals surface area contributed by atoms with Crippen molar-refractivity contribution in [3.63, 3.8) is 0 Å². The minimum absolute atomic E-state index is 0.0889. The zero-order valence-electron chi connectivity index (χ0n) is 22.9. The number of rotatable bonds is 7. The second kappa shape index (κ2) is 10.1. The van der Waals surface area contributed by atoms with Gasteiger partial charge in [-0.2, -0.15) is 0 Å². The van der Waals surface area contributed by atoms with Gasteiger partial charge in [0.05, 0.1) is 58.3 Å². The van der Waals surface area contributed by atoms with E-state index < -0.39 is 0 Å². The number of aromatic hydroxyl groups is 1. The summed E-state index contributed by atoms with van der Waals surface area (Å²) in [6.45, 7) is 6.55. The summed E-state index contributed by atoms with van der Waals surface area (Å²) in [5, 5.41) is 10.8. The number of carbonyl (C=O) groups is 1. The van der Waals surface area contributed by atoms with Gasteiger partial charge in [0.25, 0.3) is 5.91 Å². The quantitative estimate of drug-likeness (QED) is 0.404. The fourth-order valence-electron chi connectivity index (χ4n) is 5.18. The number of amides is 1. The van der Waals surface area contributed by atoms with Crippen molar-refractivity contribution in [3.05, 3.63) is 65.4 Å². The van der Waals surface area contributed by atoms with E-state index in [0.29, 0.717) is 40.4 Å². The lowest BCUT2D eigenvalue weighted by Crippen LogP contribution is -2.56. The monoisotopic (exact) mass is 513 g/mol. The van der Waals surface area contributed by atoms with Crippen molar-refractivity contribution in [3.8, 4) is 17.1 Å². The third-order valence-electron chi connectivity index (χ3n) is 7.56. The van der Waals surface area contributed by atoms with Crippen LogP contribution in [0, 0.1) is 6.92 Å². The molecular weight excluding hydrogens is 478 g/mol. The summed E-state index contributed by atoms with van der Waals surface area (Å²) in [6, 6.07) is 11.2. The highest BCUT2D eigenvalue weighted by molar-refractivity contribution is 6.07. The molecule has 4 aromatic rings. The average Bonchev–Trinajstić information content (AvgIpc) is 3.24. The highest BCUT2D eigenvalue weighted by Crippen LogP contribution is 2.30. The number of phenolic OH excluding ortho intramolecular Hbond substituents is 1. The van der Waals surface area contributed by atoms with Gasteiger partial charge in [-0.1, -0.05) is 6.92 Å². The molecule has 0 radical (unpaired) electrons. The average molecular weight is 514 g/mol. The van der Waals surface area contributed by atoms with Crippen LogP contribution in [0.15, 0.2) is 42.6 Å². The zero-order chi connectivity index (χ0) is 27.1. The molecule has 4 heterocycles. The summed E-state index contributed by atoms with van der Waals surface area (Å²) in [5.74, 6) is 0.902. The molecule has 1 saturated heterocycles. The van der Waals surface area contributed by atoms with E-state index in [2.05, 4.69) is 41.9 Å². The number of imidazole rings is 1. The number of hydrogen-bond acceptors (Lipinski definition) is 7. The Labute approximate surface area is 223 Å². The van der Waals surface area contributed by atoms with Crippen molar-refractivity contribution in [1.29, 1.82) is 0 Å². The second-order valence-electron chi connectivity index (χ2n) is 10.3. The Bertz CT molecular complexity index is 1510. The molecule has 1 aliphatic heterocycles. The van der Waals surface area contributed by atoms with Gasteiger partial charge < -0.3 is 24.4 Å². The van der Waals surface area contributed by atoms with E-state index in [1.54, 1.807) is 36.2 Å². The molecule has 1 amide bonds. The highest BCUT2D eigenvalue weighted by atomic mass is 16.3. The largest absolute Gasteiger partial charge is 0.508 e. The molecule has 9 nitrogen and oxygen atoms in total. The van der Waals surface area contributed by atoms with Gasteiger partial charge in [0, 0.05) is 46.0 Å². The number of hydrogen-bond donors (Lipinski definition) is 1. The smallest absolute Gasteiger partial charge is 0.254 e. The maximum atomic E-state index is 13.8. The molecule has 1 aromatic carbocycles. The fraction of sp³-hybridized carbons (Fsp3) is 0.379. The molecule has 0 saturated carbocycles. The van der Waals surface area contributed by atoms with Crippen molar-refractivity contribution >= 4 is 22.5 Å². The molecule has 1 aliphatic rings. The predicted octanol–water partition coefficient (Wildman–Crippen LogP) is 3.63. The second-order valence-corrected chi connectivity index (χ2v) is 10.3. The predicted molar refractivity (Wildman–Crippen MR) is 149 cm³/mol. The lowest BCUT2D eigenvalue weighted by atomic mass is 10.0. The first-order valence-corrected chi connectivity index (χ1v) is 12.9. The molecule has 1 fully saturated rings. The number of nitrogens with zero attached hydrogens (tertiary/aromatic N) is 7. The Balaban J connectivity index is 1.50. The Kier molecular flexibility index (Phi) is 6.79. The van der Waals surface area contributed by atoms with Crippen LogP contribution >= 0.6 is 0 Å². The van der Waals surface area contributed by atoms with E-state index in [9.17, 15) is 9.90 Å². The van der Waals surface area contributed by atoms with E-state index >= 15 is 0 Å². The third-order valence-corrected chi connectivity index (χ3v) is 7.56. The molecule has 0 aliphatic carbocycles. The van der Waals surface area contributed by atoms with Gasteiger partial charge in [-0.3, -0.25) is 4.79 Å². The van der Waals surface area contributed by atoms with Gasteiger partial charge in [0.1, 0.15) is 11.6 Å². The van der Waals surface area contributed by atoms with Crippen molar-refractivity contribution in [2.45, 2.75) is 32.9 Å². The maximum absolute atomic E-state index is 13.8. The topological polar surface area (TPSA) is 90.6 Å². The molecule has 3 aromatic heterocycles. The number of aryl methyl sites for hydroxylation is 2. The summed E-state index contributed by atoms with van der Waals surface area (Å²) in [4.78, 5) is 34.2. The number of carbonyl (C=O) groups excluding carboxylic acids is 1. The summed E-state index contributed by atoms with van der Waals surface area (Å²) in [6.07, 6.45) is 2.64. The molecule has 1 N–H and O–H groups in total. The Morgan fingerprint density at radius 3 is 2.50 bits per heavy atom. The van der Waals surface area contributed by atoms with E-state index in [4.69, 9.17) is 9.97 Å². The molecule has 9 heteroatoms. The standard InChI is InChI=1S/C29H35N7O2/c1-7-28-30-14-19(36(28)6)17-34(4)29(38)23-13-26(32-24-9-8-21(37)12-22(23)24)25-10-11-27(18(2)31-25)35(5)20-15-33(3)16-20/h8-14,20,37H,7,15-17H2,1-6H3. The van der Waals surface area contributed by atoms with E-state index in [1.807, 2.05) is 30.8 Å². The molecule has 0 bridgehead atoms. The SMILES string of the molecule is CCc1ncc(CN(C)C(=O)c2cc(-c3ccc(N(C)C4CN(C)C4)c(C)n3)nc3ccc(O)cc23)n1C. The minimum Gasteiger partial charge on any atom is -0.508 e. The zero-order valence-corrected chi connectivity index (χ0v) is 22.9. The van der Waals surface area contributed by atoms with Crippen molar-refractivity contribution in [2.75, 3.05) is 39.1 Å². The molecule has 0 spiro atoms. The Hall–Kier alpha value is -3.98. The van der Waals surface area contributed by atoms with Crippen LogP contribution < -0.4 is 4.90 Å². The fourth-order valence-corrected chi connectivity index (χ4v) is 5.18. The van der Waals surface area contributed by atoms with Gasteiger partial charge in [0.2, 0.25) is 0 Å². The number of likely N-dealkylation sites (N-methyl/N-ethyl adjacent to an activating group) is 2. The van der Waals surface area contributed by atoms with Crippen LogP contribution in [0.4, 0.5) is 5.69 Å². The number of fused-ring (bicyclic) bond motifs is 1. The minimum atomic E-state index is -0.161. The molecule has 0 atom stereocenters. The molecule has 5 rings (SSSR count). The van der Waals surface area contributed by atoms with Gasteiger partial charge in [-0.15, -0.1) is 0 Å². The number of likely N-dealkylation sites (tertiary alicyclic amines) is 1. The normalized spacial score (nSPS) is 14.1. The van der Waals surface area contributed by atoms with Crippen LogP contribution in [-0.2, 0) is 20.0 Å². The Morgan fingerprint density at radius 2 is 1.84 bits per heavy atom. The number of anilines is 1. The summed E-state index contributed by atoms with van der Waals surface area (Å²) < 4.78 is 2.03. The first-order chi connectivity index (χ1) is 18.2. The molecule has 198 valence electrons. The van der Waals surface area contributed by atoms with E-state index in [1.165, 1.54) is 0 Å². The van der Waals surface area contributed by atoms with E-state index in [0.717, 1.165) is 42.4 Å². The van der Waals surface area contributed by atoms with E-state index in [-0.39, 0.29) is 11.7 Å². The number of pyridine rings is 2. The lowest BCUT2D eigenvalue weighted by molar-refractivity contribution is 0.0784. The summed E-state index contributed by atoms with van der Waals surface area (Å²) in [5.41, 5.74) is 5.39. The number of benzene rings is 1. The molecular formula is C29H35N7O2. The van der Waals surface area contributed by atoms with Crippen molar-refractivity contribution < 1.29 is 9.90 Å². The number of phenols is 1. The van der Waals surface area contributed by atoms with Gasteiger partial charge in [-0.25, -0.2) is 15.0 Å². The lowest BCUT2D eigenvalue weighted by Gasteiger charge is -2.43. The van der Waals surface area contributed by atoms with Gasteiger partial charge in [-0.05, 0) is 50.4 Å². The van der Waals surface area contributed by atoms with Crippen LogP contribution in [0.5, 0.6) is 5.75 Å². The van der Waals surface area contributed by atoms with Crippen LogP contribution in [0.3, 0.4) is 0 Å². The maximum Gasteiger partial charge on any atom is 0.254 e. The third kappa shape index (κ3) is 4.69. The van der Waals surface area contributed by atoms with Crippen LogP contribution in [0.1, 0.15) is 34.5 Å². The van der Waals surface area contributed by atoms with Crippen LogP contribution in [0.2, 0.25) is 0 Å². The summed E-state index contributed by atoms with van der Waals surface area (Å²) >= 11 is 0. The van der Waals surface area contributed by atoms with Crippen LogP contribution in [0.25, 0.3) is 22.3 Å².